The number of hydrogen-bond donors (Lipinski definition) is 1. The summed E-state index contributed by atoms with van der Waals surface area (Å²) >= 11 is 13.3. The lowest BCUT2D eigenvalue weighted by molar-refractivity contribution is -0.122. The zero-order valence-electron chi connectivity index (χ0n) is 14.2. The van der Waals surface area contributed by atoms with Crippen LogP contribution in [0.15, 0.2) is 23.6 Å². The summed E-state index contributed by atoms with van der Waals surface area (Å²) in [5.74, 6) is 0.120. The molecule has 0 radical (unpaired) electrons. The molecule has 0 bridgehead atoms. The van der Waals surface area contributed by atoms with Gasteiger partial charge >= 0.3 is 0 Å². The number of morpholine rings is 1. The van der Waals surface area contributed by atoms with Gasteiger partial charge in [-0.1, -0.05) is 23.2 Å². The lowest BCUT2D eigenvalue weighted by atomic mass is 10.3. The maximum atomic E-state index is 12.3. The van der Waals surface area contributed by atoms with Crippen LogP contribution in [0.25, 0.3) is 0 Å². The number of ether oxygens (including phenoxy) is 2. The molecular weight excluding hydrogens is 397 g/mol. The standard InChI is InChI=1S/C17H19Cl2N3O3S/c1-11(25-15-3-2-12(18)8-14(15)19)16(23)21-17-20-13(10-26-17)9-22-4-6-24-7-5-22/h2-3,8,10-11H,4-7,9H2,1H3,(H,20,21,23)/t11-/m1/s1. The number of carbonyl (C=O) groups excluding carboxylic acids is 1. The third kappa shape index (κ3) is 5.31. The highest BCUT2D eigenvalue weighted by atomic mass is 35.5. The van der Waals surface area contributed by atoms with Crippen molar-refractivity contribution in [1.29, 1.82) is 0 Å². The van der Waals surface area contributed by atoms with Crippen LogP contribution in [0.4, 0.5) is 5.13 Å². The van der Waals surface area contributed by atoms with Crippen LogP contribution in [0.1, 0.15) is 12.6 Å². The Hall–Kier alpha value is -1.38. The van der Waals surface area contributed by atoms with Crippen molar-refractivity contribution in [3.8, 4) is 5.75 Å². The third-order valence-electron chi connectivity index (χ3n) is 3.84. The van der Waals surface area contributed by atoms with Gasteiger partial charge in [-0.3, -0.25) is 15.0 Å². The molecule has 3 rings (SSSR count). The highest BCUT2D eigenvalue weighted by Crippen LogP contribution is 2.28. The van der Waals surface area contributed by atoms with Gasteiger partial charge in [0.2, 0.25) is 0 Å². The Morgan fingerprint density at radius 1 is 1.42 bits per heavy atom. The molecule has 26 heavy (non-hydrogen) atoms. The second-order valence-corrected chi connectivity index (χ2v) is 7.56. The number of carbonyl (C=O) groups is 1. The van der Waals surface area contributed by atoms with E-state index in [0.29, 0.717) is 20.9 Å². The lowest BCUT2D eigenvalue weighted by Crippen LogP contribution is -2.35. The molecule has 1 aromatic heterocycles. The Labute approximate surface area is 166 Å². The Kier molecular flexibility index (Phi) is 6.72. The van der Waals surface area contributed by atoms with Gasteiger partial charge in [0.05, 0.1) is 23.9 Å². The first-order valence-corrected chi connectivity index (χ1v) is 9.82. The average molecular weight is 416 g/mol. The van der Waals surface area contributed by atoms with Crippen LogP contribution in [-0.4, -0.2) is 48.2 Å². The van der Waals surface area contributed by atoms with E-state index < -0.39 is 6.10 Å². The van der Waals surface area contributed by atoms with Gasteiger partial charge in [0.15, 0.2) is 11.2 Å². The minimum Gasteiger partial charge on any atom is -0.479 e. The van der Waals surface area contributed by atoms with Gasteiger partial charge in [-0.15, -0.1) is 11.3 Å². The first kappa shape index (κ1) is 19.4. The fourth-order valence-electron chi connectivity index (χ4n) is 2.45. The van der Waals surface area contributed by atoms with Crippen LogP contribution in [0.5, 0.6) is 5.75 Å². The molecule has 0 unspecified atom stereocenters. The fraction of sp³-hybridized carbons (Fsp3) is 0.412. The van der Waals surface area contributed by atoms with Crippen LogP contribution in [-0.2, 0) is 16.1 Å². The number of rotatable bonds is 6. The number of nitrogens with zero attached hydrogens (tertiary/aromatic N) is 2. The normalized spacial score (nSPS) is 16.3. The van der Waals surface area contributed by atoms with Crippen LogP contribution in [0, 0.1) is 0 Å². The minimum atomic E-state index is -0.722. The van der Waals surface area contributed by atoms with Crippen molar-refractivity contribution >= 4 is 45.6 Å². The molecule has 1 aliphatic heterocycles. The molecule has 0 spiro atoms. The molecule has 1 aromatic carbocycles. The number of amides is 1. The summed E-state index contributed by atoms with van der Waals surface area (Å²) in [5, 5.41) is 6.15. The van der Waals surface area contributed by atoms with E-state index in [-0.39, 0.29) is 5.91 Å². The van der Waals surface area contributed by atoms with Crippen molar-refractivity contribution in [3.63, 3.8) is 0 Å². The zero-order valence-corrected chi connectivity index (χ0v) is 16.5. The first-order chi connectivity index (χ1) is 12.5. The summed E-state index contributed by atoms with van der Waals surface area (Å²) in [6.45, 7) is 5.69. The van der Waals surface area contributed by atoms with Crippen molar-refractivity contribution in [2.24, 2.45) is 0 Å². The van der Waals surface area contributed by atoms with Gasteiger partial charge in [-0.05, 0) is 25.1 Å². The Balaban J connectivity index is 1.53. The topological polar surface area (TPSA) is 63.7 Å². The summed E-state index contributed by atoms with van der Waals surface area (Å²) in [4.78, 5) is 19.1. The number of benzene rings is 1. The molecule has 1 aliphatic rings. The average Bonchev–Trinajstić information content (AvgIpc) is 3.05. The molecule has 1 fully saturated rings. The number of nitrogens with one attached hydrogen (secondary N) is 1. The molecule has 1 N–H and O–H groups in total. The number of thiazole rings is 1. The van der Waals surface area contributed by atoms with E-state index in [1.165, 1.54) is 11.3 Å². The van der Waals surface area contributed by atoms with Crippen LogP contribution >= 0.6 is 34.5 Å². The smallest absolute Gasteiger partial charge is 0.266 e. The van der Waals surface area contributed by atoms with E-state index in [9.17, 15) is 4.79 Å². The van der Waals surface area contributed by atoms with E-state index in [2.05, 4.69) is 15.2 Å². The van der Waals surface area contributed by atoms with Gasteiger partial charge < -0.3 is 9.47 Å². The molecule has 6 nitrogen and oxygen atoms in total. The minimum absolute atomic E-state index is 0.289. The number of anilines is 1. The SMILES string of the molecule is C[C@@H](Oc1ccc(Cl)cc1Cl)C(=O)Nc1nc(CN2CCOCC2)cs1. The number of halogens is 2. The van der Waals surface area contributed by atoms with E-state index in [1.807, 2.05) is 5.38 Å². The monoisotopic (exact) mass is 415 g/mol. The van der Waals surface area contributed by atoms with Crippen molar-refractivity contribution in [3.05, 3.63) is 39.3 Å². The van der Waals surface area contributed by atoms with Gasteiger partial charge in [0.1, 0.15) is 5.75 Å². The van der Waals surface area contributed by atoms with Gasteiger partial charge in [-0.2, -0.15) is 0 Å². The van der Waals surface area contributed by atoms with Gasteiger partial charge in [0, 0.05) is 30.0 Å². The highest BCUT2D eigenvalue weighted by molar-refractivity contribution is 7.13. The van der Waals surface area contributed by atoms with E-state index in [4.69, 9.17) is 32.7 Å². The molecule has 0 saturated carbocycles. The molecule has 1 saturated heterocycles. The quantitative estimate of drug-likeness (QED) is 0.778. The lowest BCUT2D eigenvalue weighted by Gasteiger charge is -2.25. The Morgan fingerprint density at radius 2 is 2.19 bits per heavy atom. The Morgan fingerprint density at radius 3 is 2.92 bits per heavy atom. The maximum absolute atomic E-state index is 12.3. The number of aromatic nitrogens is 1. The van der Waals surface area contributed by atoms with E-state index in [1.54, 1.807) is 25.1 Å². The van der Waals surface area contributed by atoms with Crippen molar-refractivity contribution < 1.29 is 14.3 Å². The summed E-state index contributed by atoms with van der Waals surface area (Å²) < 4.78 is 11.0. The first-order valence-electron chi connectivity index (χ1n) is 8.18. The molecule has 2 heterocycles. The zero-order chi connectivity index (χ0) is 18.5. The molecule has 140 valence electrons. The third-order valence-corrected chi connectivity index (χ3v) is 5.18. The van der Waals surface area contributed by atoms with Crippen molar-refractivity contribution in [2.45, 2.75) is 19.6 Å². The maximum Gasteiger partial charge on any atom is 0.266 e. The van der Waals surface area contributed by atoms with Crippen LogP contribution in [0.3, 0.4) is 0 Å². The van der Waals surface area contributed by atoms with E-state index >= 15 is 0 Å². The van der Waals surface area contributed by atoms with Crippen molar-refractivity contribution in [1.82, 2.24) is 9.88 Å². The summed E-state index contributed by atoms with van der Waals surface area (Å²) in [7, 11) is 0. The van der Waals surface area contributed by atoms with Crippen LogP contribution in [0.2, 0.25) is 10.0 Å². The fourth-order valence-corrected chi connectivity index (χ4v) is 3.60. The largest absolute Gasteiger partial charge is 0.479 e. The predicted octanol–water partition coefficient (Wildman–Crippen LogP) is 3.69. The predicted molar refractivity (Wildman–Crippen MR) is 103 cm³/mol. The second-order valence-electron chi connectivity index (χ2n) is 5.86. The Bertz CT molecular complexity index is 765. The molecule has 9 heteroatoms. The highest BCUT2D eigenvalue weighted by Gasteiger charge is 2.18. The molecule has 0 aliphatic carbocycles. The second kappa shape index (κ2) is 9.01. The van der Waals surface area contributed by atoms with Crippen LogP contribution < -0.4 is 10.1 Å². The number of hydrogen-bond acceptors (Lipinski definition) is 6. The van der Waals surface area contributed by atoms with E-state index in [0.717, 1.165) is 38.5 Å². The molecule has 1 atom stereocenters. The molecular formula is C17H19Cl2N3O3S. The summed E-state index contributed by atoms with van der Waals surface area (Å²) in [6, 6.07) is 4.87. The summed E-state index contributed by atoms with van der Waals surface area (Å²) in [5.41, 5.74) is 0.932. The van der Waals surface area contributed by atoms with Gasteiger partial charge in [-0.25, -0.2) is 4.98 Å². The van der Waals surface area contributed by atoms with Gasteiger partial charge in [0.25, 0.3) is 5.91 Å². The summed E-state index contributed by atoms with van der Waals surface area (Å²) in [6.07, 6.45) is -0.722. The van der Waals surface area contributed by atoms with Crippen molar-refractivity contribution in [2.75, 3.05) is 31.6 Å². The molecule has 2 aromatic rings. The molecule has 1 amide bonds.